The highest BCUT2D eigenvalue weighted by molar-refractivity contribution is 9.11. The summed E-state index contributed by atoms with van der Waals surface area (Å²) in [5.74, 6) is 0.359. The van der Waals surface area contributed by atoms with Gasteiger partial charge in [0.2, 0.25) is 0 Å². The second-order valence-electron chi connectivity index (χ2n) is 5.59. The lowest BCUT2D eigenvalue weighted by atomic mass is 10.1. The highest BCUT2D eigenvalue weighted by Gasteiger charge is 2.11. The standard InChI is InChI=1S/C20H14Br2O4/c1-12(23)13-2-6-16(7-3-13)26-19(24)11-25-18-9-4-14-10-15(21)5-8-17(14)20(18)22/h2-10H,11H2,1H3. The highest BCUT2D eigenvalue weighted by Crippen LogP contribution is 2.34. The maximum Gasteiger partial charge on any atom is 0.349 e. The molecular formula is C20H14Br2O4. The van der Waals surface area contributed by atoms with Crippen molar-refractivity contribution in [2.24, 2.45) is 0 Å². The molecule has 0 bridgehead atoms. The van der Waals surface area contributed by atoms with Crippen molar-refractivity contribution in [2.75, 3.05) is 6.61 Å². The minimum Gasteiger partial charge on any atom is -0.481 e. The largest absolute Gasteiger partial charge is 0.481 e. The van der Waals surface area contributed by atoms with Gasteiger partial charge < -0.3 is 9.47 Å². The van der Waals surface area contributed by atoms with Crippen molar-refractivity contribution in [3.8, 4) is 11.5 Å². The molecule has 0 radical (unpaired) electrons. The number of fused-ring (bicyclic) bond motifs is 1. The van der Waals surface area contributed by atoms with Gasteiger partial charge >= 0.3 is 5.97 Å². The summed E-state index contributed by atoms with van der Waals surface area (Å²) in [4.78, 5) is 23.2. The number of benzene rings is 3. The maximum atomic E-state index is 12.0. The first-order chi connectivity index (χ1) is 12.4. The Balaban J connectivity index is 1.65. The van der Waals surface area contributed by atoms with Gasteiger partial charge in [0.1, 0.15) is 11.5 Å². The molecule has 132 valence electrons. The van der Waals surface area contributed by atoms with Crippen molar-refractivity contribution in [1.29, 1.82) is 0 Å². The number of carbonyl (C=O) groups excluding carboxylic acids is 2. The van der Waals surface area contributed by atoms with E-state index in [4.69, 9.17) is 9.47 Å². The van der Waals surface area contributed by atoms with Crippen LogP contribution in [0.2, 0.25) is 0 Å². The van der Waals surface area contributed by atoms with E-state index in [9.17, 15) is 9.59 Å². The van der Waals surface area contributed by atoms with Crippen LogP contribution in [0.1, 0.15) is 17.3 Å². The van der Waals surface area contributed by atoms with Crippen LogP contribution < -0.4 is 9.47 Å². The molecule has 0 saturated heterocycles. The third-order valence-electron chi connectivity index (χ3n) is 3.72. The molecule has 3 rings (SSSR count). The highest BCUT2D eigenvalue weighted by atomic mass is 79.9. The van der Waals surface area contributed by atoms with E-state index in [1.54, 1.807) is 30.3 Å². The lowest BCUT2D eigenvalue weighted by Crippen LogP contribution is -2.17. The van der Waals surface area contributed by atoms with E-state index in [1.165, 1.54) is 6.92 Å². The van der Waals surface area contributed by atoms with Gasteiger partial charge in [0.15, 0.2) is 12.4 Å². The predicted octanol–water partition coefficient (Wildman–Crippen LogP) is 5.55. The van der Waals surface area contributed by atoms with Gasteiger partial charge in [-0.25, -0.2) is 4.79 Å². The van der Waals surface area contributed by atoms with Crippen molar-refractivity contribution in [2.45, 2.75) is 6.92 Å². The fraction of sp³-hybridized carbons (Fsp3) is 0.100. The summed E-state index contributed by atoms with van der Waals surface area (Å²) in [6, 6.07) is 16.0. The van der Waals surface area contributed by atoms with Crippen molar-refractivity contribution in [3.05, 3.63) is 69.1 Å². The van der Waals surface area contributed by atoms with Gasteiger partial charge in [0.25, 0.3) is 0 Å². The second kappa shape index (κ2) is 8.01. The van der Waals surface area contributed by atoms with E-state index in [0.717, 1.165) is 19.7 Å². The van der Waals surface area contributed by atoms with E-state index in [0.29, 0.717) is 17.1 Å². The van der Waals surface area contributed by atoms with Crippen LogP contribution in [-0.2, 0) is 4.79 Å². The zero-order valence-corrected chi connectivity index (χ0v) is 17.0. The third kappa shape index (κ3) is 4.31. The van der Waals surface area contributed by atoms with E-state index in [2.05, 4.69) is 31.9 Å². The number of hydrogen-bond acceptors (Lipinski definition) is 4. The van der Waals surface area contributed by atoms with Gasteiger partial charge in [-0.15, -0.1) is 0 Å². The minimum atomic E-state index is -0.525. The number of hydrogen-bond donors (Lipinski definition) is 0. The van der Waals surface area contributed by atoms with Crippen LogP contribution in [-0.4, -0.2) is 18.4 Å². The molecule has 0 aliphatic carbocycles. The fourth-order valence-electron chi connectivity index (χ4n) is 2.41. The smallest absolute Gasteiger partial charge is 0.349 e. The molecule has 3 aromatic carbocycles. The average molecular weight is 478 g/mol. The summed E-state index contributed by atoms with van der Waals surface area (Å²) in [6.45, 7) is 1.25. The Morgan fingerprint density at radius 2 is 1.69 bits per heavy atom. The van der Waals surface area contributed by atoms with Gasteiger partial charge in [0, 0.05) is 10.0 Å². The number of rotatable bonds is 5. The molecule has 4 nitrogen and oxygen atoms in total. The second-order valence-corrected chi connectivity index (χ2v) is 7.30. The first kappa shape index (κ1) is 18.6. The quantitative estimate of drug-likeness (QED) is 0.274. The zero-order valence-electron chi connectivity index (χ0n) is 13.8. The molecule has 26 heavy (non-hydrogen) atoms. The molecule has 0 saturated carbocycles. The summed E-state index contributed by atoms with van der Waals surface area (Å²) in [5.41, 5.74) is 0.563. The SMILES string of the molecule is CC(=O)c1ccc(OC(=O)COc2ccc3cc(Br)ccc3c2Br)cc1. The lowest BCUT2D eigenvalue weighted by Gasteiger charge is -2.10. The van der Waals surface area contributed by atoms with E-state index in [-0.39, 0.29) is 12.4 Å². The maximum absolute atomic E-state index is 12.0. The normalized spacial score (nSPS) is 10.6. The Labute approximate surface area is 167 Å². The summed E-state index contributed by atoms with van der Waals surface area (Å²) in [6.07, 6.45) is 0. The topological polar surface area (TPSA) is 52.6 Å². The van der Waals surface area contributed by atoms with Crippen molar-refractivity contribution in [3.63, 3.8) is 0 Å². The number of ketones is 1. The van der Waals surface area contributed by atoms with Crippen molar-refractivity contribution < 1.29 is 19.1 Å². The molecule has 0 spiro atoms. The first-order valence-electron chi connectivity index (χ1n) is 7.76. The Morgan fingerprint density at radius 3 is 2.38 bits per heavy atom. The zero-order chi connectivity index (χ0) is 18.7. The molecule has 0 fully saturated rings. The number of halogens is 2. The molecule has 0 heterocycles. The predicted molar refractivity (Wildman–Crippen MR) is 107 cm³/mol. The van der Waals surface area contributed by atoms with Crippen LogP contribution >= 0.6 is 31.9 Å². The number of ether oxygens (including phenoxy) is 2. The van der Waals surface area contributed by atoms with Crippen LogP contribution in [0.3, 0.4) is 0 Å². The third-order valence-corrected chi connectivity index (χ3v) is 5.03. The monoisotopic (exact) mass is 476 g/mol. The van der Waals surface area contributed by atoms with Crippen LogP contribution in [0.15, 0.2) is 63.5 Å². The number of esters is 1. The van der Waals surface area contributed by atoms with Crippen LogP contribution in [0.4, 0.5) is 0 Å². The van der Waals surface area contributed by atoms with E-state index < -0.39 is 5.97 Å². The van der Waals surface area contributed by atoms with Crippen molar-refractivity contribution in [1.82, 2.24) is 0 Å². The van der Waals surface area contributed by atoms with E-state index >= 15 is 0 Å². The molecule has 0 unspecified atom stereocenters. The average Bonchev–Trinajstić information content (AvgIpc) is 2.61. The molecule has 0 amide bonds. The minimum absolute atomic E-state index is 0.0422. The fourth-order valence-corrected chi connectivity index (χ4v) is 3.40. The Morgan fingerprint density at radius 1 is 0.962 bits per heavy atom. The number of carbonyl (C=O) groups is 2. The number of Topliss-reactive ketones (excluding diaryl/α,β-unsaturated/α-hetero) is 1. The summed E-state index contributed by atoms with van der Waals surface area (Å²) >= 11 is 6.96. The molecule has 6 heteroatoms. The lowest BCUT2D eigenvalue weighted by molar-refractivity contribution is -0.136. The van der Waals surface area contributed by atoms with Crippen LogP contribution in [0.5, 0.6) is 11.5 Å². The Bertz CT molecular complexity index is 981. The van der Waals surface area contributed by atoms with Crippen molar-refractivity contribution >= 4 is 54.4 Å². The van der Waals surface area contributed by atoms with Gasteiger partial charge in [-0.05, 0) is 76.1 Å². The Kier molecular flexibility index (Phi) is 5.74. The molecular weight excluding hydrogens is 464 g/mol. The molecule has 0 aliphatic rings. The summed E-state index contributed by atoms with van der Waals surface area (Å²) < 4.78 is 12.6. The van der Waals surface area contributed by atoms with Gasteiger partial charge in [0.05, 0.1) is 4.47 Å². The first-order valence-corrected chi connectivity index (χ1v) is 9.35. The molecule has 3 aromatic rings. The molecule has 0 N–H and O–H groups in total. The molecule has 0 aromatic heterocycles. The van der Waals surface area contributed by atoms with E-state index in [1.807, 2.05) is 24.3 Å². The molecule has 0 atom stereocenters. The van der Waals surface area contributed by atoms with Gasteiger partial charge in [-0.1, -0.05) is 28.1 Å². The summed E-state index contributed by atoms with van der Waals surface area (Å²) in [7, 11) is 0. The molecule has 0 aliphatic heterocycles. The van der Waals surface area contributed by atoms with Gasteiger partial charge in [-0.3, -0.25) is 4.79 Å². The van der Waals surface area contributed by atoms with Crippen LogP contribution in [0, 0.1) is 0 Å². The van der Waals surface area contributed by atoms with Crippen LogP contribution in [0.25, 0.3) is 10.8 Å². The van der Waals surface area contributed by atoms with Gasteiger partial charge in [-0.2, -0.15) is 0 Å². The summed E-state index contributed by atoms with van der Waals surface area (Å²) in [5, 5.41) is 2.03. The Hall–Kier alpha value is -2.18.